The van der Waals surface area contributed by atoms with E-state index in [4.69, 9.17) is 9.15 Å². The predicted molar refractivity (Wildman–Crippen MR) is 118 cm³/mol. The van der Waals surface area contributed by atoms with Crippen LogP contribution >= 0.6 is 0 Å². The summed E-state index contributed by atoms with van der Waals surface area (Å²) in [6, 6.07) is 8.49. The van der Waals surface area contributed by atoms with E-state index in [1.807, 2.05) is 12.1 Å². The number of benzene rings is 1. The van der Waals surface area contributed by atoms with E-state index >= 15 is 0 Å². The molecule has 1 aliphatic heterocycles. The fraction of sp³-hybridized carbons (Fsp3) is 0.435. The lowest BCUT2D eigenvalue weighted by atomic mass is 10.3. The quantitative estimate of drug-likeness (QED) is 0.615. The van der Waals surface area contributed by atoms with Crippen molar-refractivity contribution < 1.29 is 22.4 Å². The molecule has 1 saturated heterocycles. The van der Waals surface area contributed by atoms with E-state index in [0.717, 1.165) is 25.0 Å². The van der Waals surface area contributed by atoms with Gasteiger partial charge in [-0.15, -0.1) is 0 Å². The van der Waals surface area contributed by atoms with Gasteiger partial charge in [-0.2, -0.15) is 4.31 Å². The normalized spacial score (nSPS) is 21.5. The number of amides is 1. The molecule has 1 saturated carbocycles. The molecule has 1 aromatic heterocycles. The maximum Gasteiger partial charge on any atom is 0.248 e. The standard InChI is InChI=1S/C23H28N2O5S/c1-3-29-21-9-6-17(15-22(21)31(27,28)25-12-4-5-13-25)24-23(26)11-8-18-7-10-20(30-18)19-14-16(19)2/h6-11,15-16,19H,3-5,12-14H2,1-2H3,(H,24,26)/b11-8+. The van der Waals surface area contributed by atoms with Gasteiger partial charge in [-0.3, -0.25) is 4.79 Å². The Kier molecular flexibility index (Phi) is 6.20. The van der Waals surface area contributed by atoms with E-state index in [0.29, 0.717) is 48.7 Å². The molecule has 2 aliphatic rings. The van der Waals surface area contributed by atoms with Crippen LogP contribution in [0.2, 0.25) is 0 Å². The van der Waals surface area contributed by atoms with Crippen molar-refractivity contribution >= 4 is 27.7 Å². The van der Waals surface area contributed by atoms with E-state index in [2.05, 4.69) is 12.2 Å². The topological polar surface area (TPSA) is 88.8 Å². The van der Waals surface area contributed by atoms with Gasteiger partial charge in [0.25, 0.3) is 0 Å². The lowest BCUT2D eigenvalue weighted by Gasteiger charge is -2.19. The fourth-order valence-electron chi connectivity index (χ4n) is 3.85. The SMILES string of the molecule is CCOc1ccc(NC(=O)/C=C/c2ccc(C3CC3C)o2)cc1S(=O)(=O)N1CCCC1. The Hall–Kier alpha value is -2.58. The second kappa shape index (κ2) is 8.88. The average molecular weight is 445 g/mol. The first-order valence-corrected chi connectivity index (χ1v) is 12.2. The highest BCUT2D eigenvalue weighted by Crippen LogP contribution is 2.47. The Morgan fingerprint density at radius 1 is 1.26 bits per heavy atom. The maximum atomic E-state index is 13.1. The van der Waals surface area contributed by atoms with E-state index in [1.54, 1.807) is 25.1 Å². The Bertz CT molecular complexity index is 1080. The van der Waals surface area contributed by atoms with Crippen LogP contribution in [0.3, 0.4) is 0 Å². The van der Waals surface area contributed by atoms with E-state index in [9.17, 15) is 13.2 Å². The summed E-state index contributed by atoms with van der Waals surface area (Å²) in [5, 5.41) is 2.73. The predicted octanol–water partition coefficient (Wildman–Crippen LogP) is 4.24. The zero-order chi connectivity index (χ0) is 22.0. The van der Waals surface area contributed by atoms with E-state index in [1.165, 1.54) is 16.4 Å². The van der Waals surface area contributed by atoms with Crippen LogP contribution in [-0.4, -0.2) is 38.3 Å². The third-order valence-corrected chi connectivity index (χ3v) is 7.64. The summed E-state index contributed by atoms with van der Waals surface area (Å²) in [5.74, 6) is 2.63. The molecule has 2 aromatic rings. The van der Waals surface area contributed by atoms with Crippen LogP contribution in [-0.2, 0) is 14.8 Å². The lowest BCUT2D eigenvalue weighted by Crippen LogP contribution is -2.28. The molecule has 2 atom stereocenters. The lowest BCUT2D eigenvalue weighted by molar-refractivity contribution is -0.111. The first kappa shape index (κ1) is 21.6. The van der Waals surface area contributed by atoms with Gasteiger partial charge in [0, 0.05) is 30.8 Å². The zero-order valence-corrected chi connectivity index (χ0v) is 18.7. The second-order valence-corrected chi connectivity index (χ2v) is 9.99. The van der Waals surface area contributed by atoms with Crippen molar-refractivity contribution in [2.45, 2.75) is 43.9 Å². The molecule has 1 aromatic carbocycles. The summed E-state index contributed by atoms with van der Waals surface area (Å²) in [7, 11) is -3.69. The van der Waals surface area contributed by atoms with Crippen LogP contribution in [0.1, 0.15) is 50.5 Å². The van der Waals surface area contributed by atoms with Crippen LogP contribution < -0.4 is 10.1 Å². The van der Waals surface area contributed by atoms with Crippen LogP contribution in [0.4, 0.5) is 5.69 Å². The van der Waals surface area contributed by atoms with Crippen LogP contribution in [0.25, 0.3) is 6.08 Å². The summed E-state index contributed by atoms with van der Waals surface area (Å²) < 4.78 is 38.9. The molecule has 0 bridgehead atoms. The Morgan fingerprint density at radius 2 is 2.00 bits per heavy atom. The molecule has 1 N–H and O–H groups in total. The Morgan fingerprint density at radius 3 is 2.68 bits per heavy atom. The summed E-state index contributed by atoms with van der Waals surface area (Å²) in [6.45, 7) is 5.33. The highest BCUT2D eigenvalue weighted by atomic mass is 32.2. The largest absolute Gasteiger partial charge is 0.492 e. The zero-order valence-electron chi connectivity index (χ0n) is 17.8. The molecule has 7 nitrogen and oxygen atoms in total. The highest BCUT2D eigenvalue weighted by molar-refractivity contribution is 7.89. The van der Waals surface area contributed by atoms with Gasteiger partial charge in [-0.1, -0.05) is 6.92 Å². The van der Waals surface area contributed by atoms with Crippen molar-refractivity contribution in [3.63, 3.8) is 0 Å². The summed E-state index contributed by atoms with van der Waals surface area (Å²) in [5.41, 5.74) is 0.391. The van der Waals surface area contributed by atoms with Crippen molar-refractivity contribution in [3.8, 4) is 5.75 Å². The van der Waals surface area contributed by atoms with Gasteiger partial charge >= 0.3 is 0 Å². The molecule has 1 aliphatic carbocycles. The van der Waals surface area contributed by atoms with Crippen molar-refractivity contribution in [1.29, 1.82) is 0 Å². The number of nitrogens with one attached hydrogen (secondary N) is 1. The van der Waals surface area contributed by atoms with Crippen molar-refractivity contribution in [2.24, 2.45) is 5.92 Å². The molecule has 2 fully saturated rings. The molecular formula is C23H28N2O5S. The van der Waals surface area contributed by atoms with Crippen molar-refractivity contribution in [1.82, 2.24) is 4.31 Å². The number of nitrogens with zero attached hydrogens (tertiary/aromatic N) is 1. The number of carbonyl (C=O) groups is 1. The molecule has 2 unspecified atom stereocenters. The van der Waals surface area contributed by atoms with Crippen LogP contribution in [0.15, 0.2) is 45.7 Å². The fourth-order valence-corrected chi connectivity index (χ4v) is 5.52. The van der Waals surface area contributed by atoms with E-state index < -0.39 is 10.0 Å². The van der Waals surface area contributed by atoms with Gasteiger partial charge in [0.2, 0.25) is 15.9 Å². The monoisotopic (exact) mass is 444 g/mol. The van der Waals surface area contributed by atoms with Gasteiger partial charge in [0.05, 0.1) is 6.61 Å². The molecule has 31 heavy (non-hydrogen) atoms. The van der Waals surface area contributed by atoms with Crippen LogP contribution in [0.5, 0.6) is 5.75 Å². The minimum absolute atomic E-state index is 0.0762. The molecule has 1 amide bonds. The van der Waals surface area contributed by atoms with E-state index in [-0.39, 0.29) is 10.8 Å². The Balaban J connectivity index is 1.48. The van der Waals surface area contributed by atoms with Gasteiger partial charge in [-0.05, 0) is 68.5 Å². The number of ether oxygens (including phenoxy) is 1. The smallest absolute Gasteiger partial charge is 0.248 e. The summed E-state index contributed by atoms with van der Waals surface area (Å²) in [6.07, 6.45) is 5.82. The number of furan rings is 1. The number of rotatable bonds is 8. The molecule has 2 heterocycles. The number of anilines is 1. The molecular weight excluding hydrogens is 416 g/mol. The number of carbonyl (C=O) groups excluding carboxylic acids is 1. The Labute approximate surface area is 183 Å². The van der Waals surface area contributed by atoms with Gasteiger partial charge in [0.15, 0.2) is 0 Å². The highest BCUT2D eigenvalue weighted by Gasteiger charge is 2.36. The van der Waals surface area contributed by atoms with Gasteiger partial charge in [0.1, 0.15) is 22.2 Å². The average Bonchev–Trinajstić information content (AvgIpc) is 3.17. The number of sulfonamides is 1. The number of hydrogen-bond acceptors (Lipinski definition) is 5. The molecule has 0 spiro atoms. The minimum Gasteiger partial charge on any atom is -0.492 e. The van der Waals surface area contributed by atoms with Crippen LogP contribution in [0, 0.1) is 5.92 Å². The second-order valence-electron chi connectivity index (χ2n) is 8.09. The number of hydrogen-bond donors (Lipinski definition) is 1. The van der Waals surface area contributed by atoms with Gasteiger partial charge in [-0.25, -0.2) is 8.42 Å². The minimum atomic E-state index is -3.69. The third-order valence-electron chi connectivity index (χ3n) is 5.72. The maximum absolute atomic E-state index is 13.1. The van der Waals surface area contributed by atoms with Gasteiger partial charge < -0.3 is 14.5 Å². The third kappa shape index (κ3) is 4.85. The molecule has 0 radical (unpaired) electrons. The molecule has 166 valence electrons. The molecule has 8 heteroatoms. The summed E-state index contributed by atoms with van der Waals surface area (Å²) in [4.78, 5) is 12.5. The van der Waals surface area contributed by atoms with Crippen molar-refractivity contribution in [3.05, 3.63) is 47.9 Å². The molecule has 4 rings (SSSR count). The first-order valence-electron chi connectivity index (χ1n) is 10.7. The summed E-state index contributed by atoms with van der Waals surface area (Å²) >= 11 is 0. The first-order chi connectivity index (χ1) is 14.9. The van der Waals surface area contributed by atoms with Crippen molar-refractivity contribution in [2.75, 3.05) is 25.0 Å².